The zero-order chi connectivity index (χ0) is 16.9. The van der Waals surface area contributed by atoms with E-state index in [1.54, 1.807) is 0 Å². The average molecular weight is 341 g/mol. The second kappa shape index (κ2) is 7.27. The molecule has 1 heterocycles. The van der Waals surface area contributed by atoms with E-state index < -0.39 is 6.29 Å². The molecule has 3 rings (SSSR count). The molecular formula is C18H17ClN4O. The van der Waals surface area contributed by atoms with Gasteiger partial charge in [-0.3, -0.25) is 5.32 Å². The molecule has 0 bridgehead atoms. The third-order valence-electron chi connectivity index (χ3n) is 3.49. The summed E-state index contributed by atoms with van der Waals surface area (Å²) in [4.78, 5) is 20.5. The highest BCUT2D eigenvalue weighted by molar-refractivity contribution is 6.67. The molecule has 2 N–H and O–H groups in total. The van der Waals surface area contributed by atoms with Crippen molar-refractivity contribution in [3.8, 4) is 11.1 Å². The fourth-order valence-corrected chi connectivity index (χ4v) is 2.71. The Labute approximate surface area is 145 Å². The highest BCUT2D eigenvalue weighted by Gasteiger charge is 2.15. The van der Waals surface area contributed by atoms with E-state index in [1.807, 2.05) is 61.5 Å². The maximum absolute atomic E-state index is 12.1. The van der Waals surface area contributed by atoms with Crippen LogP contribution in [-0.4, -0.2) is 23.2 Å². The minimum atomic E-state index is -0.677. The first-order chi connectivity index (χ1) is 11.6. The normalized spacial score (nSPS) is 16.8. The molecule has 0 aliphatic carbocycles. The van der Waals surface area contributed by atoms with Gasteiger partial charge in [-0.1, -0.05) is 54.1 Å². The molecule has 1 aliphatic heterocycles. The number of aliphatic imine (C=N–C) groups is 2. The molecule has 5 nitrogen and oxygen atoms in total. The van der Waals surface area contributed by atoms with E-state index in [4.69, 9.17) is 11.6 Å². The molecule has 2 aromatic rings. The number of nitrogens with one attached hydrogen (secondary N) is 2. The number of amides is 2. The number of halogens is 1. The summed E-state index contributed by atoms with van der Waals surface area (Å²) >= 11 is 5.94. The van der Waals surface area contributed by atoms with Crippen LogP contribution in [0.2, 0.25) is 0 Å². The molecule has 0 saturated carbocycles. The van der Waals surface area contributed by atoms with Gasteiger partial charge in [0.25, 0.3) is 0 Å². The topological polar surface area (TPSA) is 65.8 Å². The van der Waals surface area contributed by atoms with E-state index in [1.165, 1.54) is 0 Å². The molecule has 2 amide bonds. The van der Waals surface area contributed by atoms with E-state index in [0.717, 1.165) is 16.8 Å². The predicted molar refractivity (Wildman–Crippen MR) is 98.8 cm³/mol. The van der Waals surface area contributed by atoms with Crippen molar-refractivity contribution in [1.29, 1.82) is 0 Å². The van der Waals surface area contributed by atoms with E-state index >= 15 is 0 Å². The lowest BCUT2D eigenvalue weighted by Crippen LogP contribution is -2.38. The fourth-order valence-electron chi connectivity index (χ4n) is 2.43. The largest absolute Gasteiger partial charge is 0.322 e. The lowest BCUT2D eigenvalue weighted by Gasteiger charge is -2.17. The van der Waals surface area contributed by atoms with Crippen LogP contribution in [0.3, 0.4) is 0 Å². The van der Waals surface area contributed by atoms with E-state index in [2.05, 4.69) is 20.6 Å². The van der Waals surface area contributed by atoms with E-state index in [0.29, 0.717) is 17.3 Å². The fraction of sp³-hybridized carbons (Fsp3) is 0.167. The van der Waals surface area contributed by atoms with Gasteiger partial charge in [-0.25, -0.2) is 14.8 Å². The van der Waals surface area contributed by atoms with Gasteiger partial charge in [0.15, 0.2) is 0 Å². The maximum Gasteiger partial charge on any atom is 0.322 e. The van der Waals surface area contributed by atoms with Crippen LogP contribution < -0.4 is 10.6 Å². The Morgan fingerprint density at radius 1 is 1.08 bits per heavy atom. The quantitative estimate of drug-likeness (QED) is 0.861. The molecule has 1 atom stereocenters. The molecular weight excluding hydrogens is 324 g/mol. The van der Waals surface area contributed by atoms with Gasteiger partial charge in [0.1, 0.15) is 5.17 Å². The van der Waals surface area contributed by atoms with E-state index in [-0.39, 0.29) is 6.03 Å². The van der Waals surface area contributed by atoms with Gasteiger partial charge in [-0.2, -0.15) is 0 Å². The molecule has 0 fully saturated rings. The predicted octanol–water partition coefficient (Wildman–Crippen LogP) is 4.26. The Balaban J connectivity index is 1.68. The molecule has 0 aromatic heterocycles. The lowest BCUT2D eigenvalue weighted by molar-refractivity contribution is 0.249. The van der Waals surface area contributed by atoms with Crippen molar-refractivity contribution in [2.24, 2.45) is 9.98 Å². The van der Waals surface area contributed by atoms with Gasteiger partial charge in [0.2, 0.25) is 6.29 Å². The van der Waals surface area contributed by atoms with Crippen LogP contribution in [0, 0.1) is 0 Å². The summed E-state index contributed by atoms with van der Waals surface area (Å²) in [6, 6.07) is 17.2. The first-order valence-electron chi connectivity index (χ1n) is 7.58. The van der Waals surface area contributed by atoms with Crippen molar-refractivity contribution in [2.75, 3.05) is 5.32 Å². The third-order valence-corrected chi connectivity index (χ3v) is 3.73. The molecule has 1 unspecified atom stereocenters. The van der Waals surface area contributed by atoms with Gasteiger partial charge in [-0.15, -0.1) is 0 Å². The number of anilines is 1. The second-order valence-electron chi connectivity index (χ2n) is 5.47. The Kier molecular flexibility index (Phi) is 4.91. The van der Waals surface area contributed by atoms with Gasteiger partial charge in [0.05, 0.1) is 0 Å². The summed E-state index contributed by atoms with van der Waals surface area (Å²) < 4.78 is 0. The number of benzene rings is 2. The maximum atomic E-state index is 12.1. The van der Waals surface area contributed by atoms with Crippen molar-refractivity contribution in [3.63, 3.8) is 0 Å². The molecule has 24 heavy (non-hydrogen) atoms. The highest BCUT2D eigenvalue weighted by Crippen LogP contribution is 2.22. The molecule has 6 heteroatoms. The first-order valence-corrected chi connectivity index (χ1v) is 7.96. The lowest BCUT2D eigenvalue weighted by atomic mass is 10.1. The van der Waals surface area contributed by atoms with Crippen LogP contribution in [-0.2, 0) is 0 Å². The van der Waals surface area contributed by atoms with Crippen LogP contribution >= 0.6 is 11.6 Å². The van der Waals surface area contributed by atoms with Crippen LogP contribution in [0.5, 0.6) is 0 Å². The van der Waals surface area contributed by atoms with Crippen molar-refractivity contribution < 1.29 is 4.79 Å². The Morgan fingerprint density at radius 2 is 1.83 bits per heavy atom. The average Bonchev–Trinajstić information content (AvgIpc) is 2.55. The number of carbonyl (C=O) groups is 1. The zero-order valence-corrected chi connectivity index (χ0v) is 13.9. The Bertz CT molecular complexity index is 784. The zero-order valence-electron chi connectivity index (χ0n) is 13.2. The second-order valence-corrected chi connectivity index (χ2v) is 5.90. The molecule has 1 aliphatic rings. The molecule has 2 aromatic carbocycles. The third kappa shape index (κ3) is 4.20. The van der Waals surface area contributed by atoms with Crippen molar-refractivity contribution >= 4 is 34.2 Å². The van der Waals surface area contributed by atoms with Crippen LogP contribution in [0.25, 0.3) is 11.1 Å². The number of carbonyl (C=O) groups excluding carboxylic acids is 1. The van der Waals surface area contributed by atoms with Crippen molar-refractivity contribution in [2.45, 2.75) is 19.6 Å². The minimum absolute atomic E-state index is 0.378. The highest BCUT2D eigenvalue weighted by atomic mass is 35.5. The van der Waals surface area contributed by atoms with Gasteiger partial charge in [-0.05, 0) is 30.2 Å². The monoisotopic (exact) mass is 340 g/mol. The first kappa shape index (κ1) is 16.2. The number of hydrogen-bond donors (Lipinski definition) is 2. The summed E-state index contributed by atoms with van der Waals surface area (Å²) in [5, 5.41) is 5.92. The standard InChI is InChI=1S/C18H17ClN4O/c1-12-10-16(19)22-17(20-12)23-18(24)21-15-9-5-8-14(11-15)13-6-3-2-4-7-13/h2-9,11,17H,10H2,1H3,(H2,21,23,24). The van der Waals surface area contributed by atoms with Gasteiger partial charge in [0, 0.05) is 17.8 Å². The molecule has 0 spiro atoms. The Hall–Kier alpha value is -2.66. The van der Waals surface area contributed by atoms with Crippen molar-refractivity contribution in [3.05, 3.63) is 54.6 Å². The number of rotatable bonds is 3. The Morgan fingerprint density at radius 3 is 2.58 bits per heavy atom. The molecule has 122 valence electrons. The minimum Gasteiger partial charge on any atom is -0.308 e. The van der Waals surface area contributed by atoms with Gasteiger partial charge >= 0.3 is 6.03 Å². The number of nitrogens with zero attached hydrogens (tertiary/aromatic N) is 2. The van der Waals surface area contributed by atoms with E-state index in [9.17, 15) is 4.79 Å². The molecule has 0 radical (unpaired) electrons. The summed E-state index contributed by atoms with van der Waals surface area (Å²) in [5.41, 5.74) is 3.65. The summed E-state index contributed by atoms with van der Waals surface area (Å²) in [6.07, 6.45) is -0.149. The van der Waals surface area contributed by atoms with Gasteiger partial charge < -0.3 is 5.32 Å². The smallest absolute Gasteiger partial charge is 0.308 e. The summed E-state index contributed by atoms with van der Waals surface area (Å²) in [6.45, 7) is 1.85. The van der Waals surface area contributed by atoms with Crippen molar-refractivity contribution in [1.82, 2.24) is 5.32 Å². The summed E-state index contributed by atoms with van der Waals surface area (Å²) in [5.74, 6) is 0. The number of hydrogen-bond acceptors (Lipinski definition) is 3. The van der Waals surface area contributed by atoms with Crippen LogP contribution in [0.1, 0.15) is 13.3 Å². The van der Waals surface area contributed by atoms with Crippen LogP contribution in [0.15, 0.2) is 64.6 Å². The van der Waals surface area contributed by atoms with Crippen LogP contribution in [0.4, 0.5) is 10.5 Å². The number of urea groups is 1. The SMILES string of the molecule is CC1=NC(NC(=O)Nc2cccc(-c3ccccc3)c2)N=C(Cl)C1. The molecule has 0 saturated heterocycles. The summed E-state index contributed by atoms with van der Waals surface area (Å²) in [7, 11) is 0.